The summed E-state index contributed by atoms with van der Waals surface area (Å²) in [4.78, 5) is 28.7. The van der Waals surface area contributed by atoms with Crippen LogP contribution in [-0.2, 0) is 26.2 Å². The van der Waals surface area contributed by atoms with E-state index >= 15 is 0 Å². The molecule has 0 aliphatic heterocycles. The van der Waals surface area contributed by atoms with E-state index in [0.717, 1.165) is 15.4 Å². The molecule has 0 aliphatic carbocycles. The minimum absolute atomic E-state index is 0.0535. The third-order valence-electron chi connectivity index (χ3n) is 6.14. The second-order valence-electron chi connectivity index (χ2n) is 9.34. The van der Waals surface area contributed by atoms with Crippen molar-refractivity contribution in [3.8, 4) is 0 Å². The molecule has 0 fully saturated rings. The summed E-state index contributed by atoms with van der Waals surface area (Å²) < 4.78 is 28.6. The van der Waals surface area contributed by atoms with Gasteiger partial charge in [0.1, 0.15) is 12.6 Å². The SMILES string of the molecule is CCC(C(=O)NC(C)C)N(Cc1ccccc1C)C(=O)CN(c1ccc(Cl)cc1)S(=O)(=O)c1ccccc1. The third kappa shape index (κ3) is 7.14. The highest BCUT2D eigenvalue weighted by molar-refractivity contribution is 7.92. The zero-order chi connectivity index (χ0) is 27.9. The highest BCUT2D eigenvalue weighted by atomic mass is 35.5. The summed E-state index contributed by atoms with van der Waals surface area (Å²) >= 11 is 6.06. The van der Waals surface area contributed by atoms with Crippen LogP contribution in [0.3, 0.4) is 0 Å². The van der Waals surface area contributed by atoms with Crippen LogP contribution in [0.4, 0.5) is 5.69 Å². The summed E-state index contributed by atoms with van der Waals surface area (Å²) in [6.07, 6.45) is 0.364. The van der Waals surface area contributed by atoms with Gasteiger partial charge in [-0.05, 0) is 74.7 Å². The van der Waals surface area contributed by atoms with Gasteiger partial charge in [0, 0.05) is 17.6 Å². The van der Waals surface area contributed by atoms with Crippen molar-refractivity contribution in [2.75, 3.05) is 10.8 Å². The molecule has 0 spiro atoms. The van der Waals surface area contributed by atoms with Crippen LogP contribution in [0.2, 0.25) is 5.02 Å². The first-order chi connectivity index (χ1) is 18.0. The predicted molar refractivity (Wildman–Crippen MR) is 152 cm³/mol. The second kappa shape index (κ2) is 12.9. The van der Waals surface area contributed by atoms with Gasteiger partial charge in [0.15, 0.2) is 0 Å². The molecule has 9 heteroatoms. The summed E-state index contributed by atoms with van der Waals surface area (Å²) in [5.74, 6) is -0.776. The van der Waals surface area contributed by atoms with E-state index in [-0.39, 0.29) is 23.4 Å². The fourth-order valence-corrected chi connectivity index (χ4v) is 5.69. The monoisotopic (exact) mass is 555 g/mol. The number of nitrogens with one attached hydrogen (secondary N) is 1. The lowest BCUT2D eigenvalue weighted by Crippen LogP contribution is -2.53. The average molecular weight is 556 g/mol. The maximum atomic E-state index is 14.0. The van der Waals surface area contributed by atoms with Crippen molar-refractivity contribution < 1.29 is 18.0 Å². The molecule has 0 heterocycles. The van der Waals surface area contributed by atoms with Gasteiger partial charge in [-0.1, -0.05) is 61.0 Å². The van der Waals surface area contributed by atoms with Gasteiger partial charge in [-0.3, -0.25) is 13.9 Å². The molecule has 0 bridgehead atoms. The van der Waals surface area contributed by atoms with Crippen LogP contribution >= 0.6 is 11.6 Å². The number of benzene rings is 3. The van der Waals surface area contributed by atoms with Gasteiger partial charge in [-0.25, -0.2) is 8.42 Å². The minimum atomic E-state index is -4.11. The molecule has 0 aliphatic rings. The Kier molecular flexibility index (Phi) is 9.94. The van der Waals surface area contributed by atoms with E-state index in [0.29, 0.717) is 17.1 Å². The van der Waals surface area contributed by atoms with E-state index in [1.54, 1.807) is 42.5 Å². The number of carbonyl (C=O) groups is 2. The van der Waals surface area contributed by atoms with Gasteiger partial charge >= 0.3 is 0 Å². The van der Waals surface area contributed by atoms with E-state index < -0.39 is 28.5 Å². The lowest BCUT2D eigenvalue weighted by atomic mass is 10.1. The molecule has 1 unspecified atom stereocenters. The Morgan fingerprint density at radius 3 is 2.11 bits per heavy atom. The Morgan fingerprint density at radius 2 is 1.53 bits per heavy atom. The molecule has 1 N–H and O–H groups in total. The van der Waals surface area contributed by atoms with Gasteiger partial charge in [0.25, 0.3) is 10.0 Å². The molecule has 0 saturated heterocycles. The molecule has 3 aromatic rings. The van der Waals surface area contributed by atoms with Crippen LogP contribution in [0.1, 0.15) is 38.3 Å². The highest BCUT2D eigenvalue weighted by Crippen LogP contribution is 2.26. The van der Waals surface area contributed by atoms with Gasteiger partial charge in [-0.2, -0.15) is 0 Å². The topological polar surface area (TPSA) is 86.8 Å². The number of carbonyl (C=O) groups excluding carboxylic acids is 2. The van der Waals surface area contributed by atoms with Crippen molar-refractivity contribution in [3.05, 3.63) is 95.0 Å². The Hall–Kier alpha value is -3.36. The first-order valence-electron chi connectivity index (χ1n) is 12.5. The number of rotatable bonds is 11. The maximum Gasteiger partial charge on any atom is 0.264 e. The lowest BCUT2D eigenvalue weighted by Gasteiger charge is -2.34. The van der Waals surface area contributed by atoms with Crippen molar-refractivity contribution in [2.45, 2.75) is 57.6 Å². The van der Waals surface area contributed by atoms with Crippen LogP contribution < -0.4 is 9.62 Å². The van der Waals surface area contributed by atoms with Crippen molar-refractivity contribution in [2.24, 2.45) is 0 Å². The van der Waals surface area contributed by atoms with Crippen LogP contribution in [-0.4, -0.2) is 43.8 Å². The Balaban J connectivity index is 2.06. The number of nitrogens with zero attached hydrogens (tertiary/aromatic N) is 2. The zero-order valence-corrected chi connectivity index (χ0v) is 23.7. The molecule has 1 atom stereocenters. The molecule has 2 amide bonds. The number of amides is 2. The quantitative estimate of drug-likeness (QED) is 0.353. The first-order valence-corrected chi connectivity index (χ1v) is 14.3. The molecule has 0 saturated carbocycles. The summed E-state index contributed by atoms with van der Waals surface area (Å²) in [5.41, 5.74) is 2.14. The molecule has 0 aromatic heterocycles. The number of aryl methyl sites for hydroxylation is 1. The summed E-state index contributed by atoms with van der Waals surface area (Å²) in [5, 5.41) is 3.34. The Labute approximate surface area is 230 Å². The minimum Gasteiger partial charge on any atom is -0.352 e. The molecule has 38 heavy (non-hydrogen) atoms. The number of halogens is 1. The van der Waals surface area contributed by atoms with Gasteiger partial charge in [0.2, 0.25) is 11.8 Å². The number of anilines is 1. The van der Waals surface area contributed by atoms with Crippen molar-refractivity contribution in [1.29, 1.82) is 0 Å². The molecule has 3 aromatic carbocycles. The van der Waals surface area contributed by atoms with E-state index in [4.69, 9.17) is 11.6 Å². The molecular formula is C29H34ClN3O4S. The van der Waals surface area contributed by atoms with E-state index in [2.05, 4.69) is 5.32 Å². The number of sulfonamides is 1. The van der Waals surface area contributed by atoms with Crippen LogP contribution in [0.5, 0.6) is 0 Å². The third-order valence-corrected chi connectivity index (χ3v) is 8.18. The fourth-order valence-electron chi connectivity index (χ4n) is 4.13. The zero-order valence-electron chi connectivity index (χ0n) is 22.1. The van der Waals surface area contributed by atoms with E-state index in [1.807, 2.05) is 52.0 Å². The molecule has 202 valence electrons. The smallest absolute Gasteiger partial charge is 0.264 e. The summed E-state index contributed by atoms with van der Waals surface area (Å²) in [6.45, 7) is 7.15. The van der Waals surface area contributed by atoms with Crippen LogP contribution in [0.15, 0.2) is 83.8 Å². The summed E-state index contributed by atoms with van der Waals surface area (Å²) in [6, 6.07) is 20.9. The standard InChI is InChI=1S/C29H34ClN3O4S/c1-5-27(29(35)31-21(2)3)32(19-23-12-10-9-11-22(23)4)28(34)20-33(25-17-15-24(30)16-18-25)38(36,37)26-13-7-6-8-14-26/h6-18,21,27H,5,19-20H2,1-4H3,(H,31,35). The largest absolute Gasteiger partial charge is 0.352 e. The Bertz CT molecular complexity index is 1350. The maximum absolute atomic E-state index is 14.0. The second-order valence-corrected chi connectivity index (χ2v) is 11.6. The van der Waals surface area contributed by atoms with Gasteiger partial charge in [0.05, 0.1) is 10.6 Å². The van der Waals surface area contributed by atoms with Crippen molar-refractivity contribution >= 4 is 39.1 Å². The van der Waals surface area contributed by atoms with Crippen LogP contribution in [0, 0.1) is 6.92 Å². The number of hydrogen-bond acceptors (Lipinski definition) is 4. The van der Waals surface area contributed by atoms with E-state index in [1.165, 1.54) is 17.0 Å². The first kappa shape index (κ1) is 29.2. The van der Waals surface area contributed by atoms with Crippen LogP contribution in [0.25, 0.3) is 0 Å². The van der Waals surface area contributed by atoms with Crippen molar-refractivity contribution in [3.63, 3.8) is 0 Å². The average Bonchev–Trinajstić information content (AvgIpc) is 2.88. The number of hydrogen-bond donors (Lipinski definition) is 1. The predicted octanol–water partition coefficient (Wildman–Crippen LogP) is 5.18. The fraction of sp³-hybridized carbons (Fsp3) is 0.310. The van der Waals surface area contributed by atoms with Gasteiger partial charge < -0.3 is 10.2 Å². The van der Waals surface area contributed by atoms with Crippen molar-refractivity contribution in [1.82, 2.24) is 10.2 Å². The Morgan fingerprint density at radius 1 is 0.921 bits per heavy atom. The summed E-state index contributed by atoms with van der Waals surface area (Å²) in [7, 11) is -4.11. The molecule has 0 radical (unpaired) electrons. The lowest BCUT2D eigenvalue weighted by molar-refractivity contribution is -0.140. The normalized spacial score (nSPS) is 12.2. The molecular weight excluding hydrogens is 522 g/mol. The van der Waals surface area contributed by atoms with E-state index in [9.17, 15) is 18.0 Å². The van der Waals surface area contributed by atoms with Gasteiger partial charge in [-0.15, -0.1) is 0 Å². The molecule has 3 rings (SSSR count). The highest BCUT2D eigenvalue weighted by Gasteiger charge is 2.34. The molecule has 7 nitrogen and oxygen atoms in total.